The molecule has 0 radical (unpaired) electrons. The van der Waals surface area contributed by atoms with Crippen LogP contribution in [0.5, 0.6) is 0 Å². The number of ether oxygens (including phenoxy) is 1. The lowest BCUT2D eigenvalue weighted by Gasteiger charge is -2.36. The average molecular weight is 498 g/mol. The highest BCUT2D eigenvalue weighted by Gasteiger charge is 2.32. The minimum absolute atomic E-state index is 0.145. The third kappa shape index (κ3) is 6.01. The molecule has 2 amide bonds. The van der Waals surface area contributed by atoms with Crippen molar-refractivity contribution in [3.8, 4) is 10.6 Å². The van der Waals surface area contributed by atoms with E-state index in [-0.39, 0.29) is 11.7 Å². The Balaban J connectivity index is 1.61. The molecule has 8 nitrogen and oxygen atoms in total. The van der Waals surface area contributed by atoms with Gasteiger partial charge in [0, 0.05) is 23.7 Å². The lowest BCUT2D eigenvalue weighted by Crippen LogP contribution is -2.50. The van der Waals surface area contributed by atoms with Crippen LogP contribution >= 0.6 is 11.3 Å². The van der Waals surface area contributed by atoms with Crippen LogP contribution in [-0.4, -0.2) is 46.7 Å². The summed E-state index contributed by atoms with van der Waals surface area (Å²) in [5, 5.41) is 8.12. The number of amides is 2. The first-order chi connectivity index (χ1) is 16.7. The van der Waals surface area contributed by atoms with Crippen LogP contribution in [0.4, 0.5) is 20.6 Å². The second kappa shape index (κ2) is 10.5. The van der Waals surface area contributed by atoms with E-state index in [2.05, 4.69) is 20.6 Å². The Morgan fingerprint density at radius 1 is 1.26 bits per heavy atom. The van der Waals surface area contributed by atoms with Crippen molar-refractivity contribution in [1.82, 2.24) is 15.3 Å². The lowest BCUT2D eigenvalue weighted by molar-refractivity contribution is 0.0560. The van der Waals surface area contributed by atoms with Gasteiger partial charge in [-0.25, -0.2) is 14.2 Å². The summed E-state index contributed by atoms with van der Waals surface area (Å²) >= 11 is 1.18. The van der Waals surface area contributed by atoms with Crippen LogP contribution in [0.1, 0.15) is 44.1 Å². The number of rotatable bonds is 5. The lowest BCUT2D eigenvalue weighted by atomic mass is 10.1. The molecule has 184 valence electrons. The van der Waals surface area contributed by atoms with Crippen molar-refractivity contribution in [3.05, 3.63) is 59.6 Å². The molecular formula is C25H28FN5O3S. The van der Waals surface area contributed by atoms with Crippen LogP contribution in [0.2, 0.25) is 0 Å². The van der Waals surface area contributed by atoms with E-state index >= 15 is 0 Å². The third-order valence-corrected chi connectivity index (χ3v) is 6.25. The zero-order valence-electron chi connectivity index (χ0n) is 19.9. The number of hydrogen-bond donors (Lipinski definition) is 2. The Labute approximate surface area is 207 Å². The molecule has 1 saturated heterocycles. The quantitative estimate of drug-likeness (QED) is 0.510. The van der Waals surface area contributed by atoms with Gasteiger partial charge in [-0.15, -0.1) is 11.3 Å². The van der Waals surface area contributed by atoms with E-state index < -0.39 is 23.4 Å². The first-order valence-corrected chi connectivity index (χ1v) is 12.3. The predicted molar refractivity (Wildman–Crippen MR) is 134 cm³/mol. The molecular weight excluding hydrogens is 469 g/mol. The minimum Gasteiger partial charge on any atom is -0.443 e. The van der Waals surface area contributed by atoms with Gasteiger partial charge in [-0.1, -0.05) is 12.1 Å². The molecule has 1 fully saturated rings. The first kappa shape index (κ1) is 24.7. The number of benzene rings is 1. The van der Waals surface area contributed by atoms with Crippen molar-refractivity contribution in [2.24, 2.45) is 0 Å². The summed E-state index contributed by atoms with van der Waals surface area (Å²) in [5.74, 6) is -0.888. The number of piperidine rings is 1. The largest absolute Gasteiger partial charge is 0.443 e. The molecule has 1 atom stereocenters. The fraction of sp³-hybridized carbons (Fsp3) is 0.360. The summed E-state index contributed by atoms with van der Waals surface area (Å²) in [6, 6.07) is 7.81. The SMILES string of the molecule is CC(C)(C)OC(=O)N(c1ccncc1NC(=O)c1csc(-c2ccccc2F)n1)C1CCCNC1. The number of pyridine rings is 1. The van der Waals surface area contributed by atoms with Gasteiger partial charge in [0.2, 0.25) is 0 Å². The van der Waals surface area contributed by atoms with Crippen LogP contribution in [-0.2, 0) is 4.74 Å². The summed E-state index contributed by atoms with van der Waals surface area (Å²) in [6.45, 7) is 6.92. The Kier molecular flexibility index (Phi) is 7.42. The van der Waals surface area contributed by atoms with Crippen LogP contribution in [0.3, 0.4) is 0 Å². The van der Waals surface area contributed by atoms with E-state index in [0.29, 0.717) is 28.5 Å². The molecule has 0 saturated carbocycles. The molecule has 1 unspecified atom stereocenters. The Hall–Kier alpha value is -3.37. The summed E-state index contributed by atoms with van der Waals surface area (Å²) in [4.78, 5) is 36.4. The summed E-state index contributed by atoms with van der Waals surface area (Å²) in [5.41, 5.74) is 0.637. The number of carbonyl (C=O) groups is 2. The smallest absolute Gasteiger partial charge is 0.415 e. The van der Waals surface area contributed by atoms with E-state index in [9.17, 15) is 14.0 Å². The van der Waals surface area contributed by atoms with Gasteiger partial charge in [0.05, 0.1) is 23.6 Å². The zero-order chi connectivity index (χ0) is 25.0. The summed E-state index contributed by atoms with van der Waals surface area (Å²) in [6.07, 6.45) is 4.26. The molecule has 0 bridgehead atoms. The number of carbonyl (C=O) groups excluding carboxylic acids is 2. The van der Waals surface area contributed by atoms with Gasteiger partial charge in [0.1, 0.15) is 22.1 Å². The monoisotopic (exact) mass is 497 g/mol. The second-order valence-electron chi connectivity index (χ2n) is 9.22. The molecule has 10 heteroatoms. The fourth-order valence-electron chi connectivity index (χ4n) is 3.83. The van der Waals surface area contributed by atoms with Crippen molar-refractivity contribution in [1.29, 1.82) is 0 Å². The van der Waals surface area contributed by atoms with Gasteiger partial charge >= 0.3 is 6.09 Å². The average Bonchev–Trinajstić information content (AvgIpc) is 3.30. The number of aromatic nitrogens is 2. The zero-order valence-corrected chi connectivity index (χ0v) is 20.7. The number of nitrogens with one attached hydrogen (secondary N) is 2. The maximum atomic E-state index is 14.1. The standard InChI is InChI=1S/C25H28FN5O3S/c1-25(2,3)34-24(33)31(16-7-6-11-27-13-16)21-10-12-28-14-19(21)29-22(32)20-15-35-23(30-20)17-8-4-5-9-18(17)26/h4-5,8-10,12,14-16,27H,6-7,11,13H2,1-3H3,(H,29,32). The van der Waals surface area contributed by atoms with E-state index in [4.69, 9.17) is 4.74 Å². The molecule has 1 aromatic carbocycles. The second-order valence-corrected chi connectivity index (χ2v) is 10.1. The highest BCUT2D eigenvalue weighted by atomic mass is 32.1. The molecule has 1 aliphatic heterocycles. The minimum atomic E-state index is -0.683. The van der Waals surface area contributed by atoms with Crippen molar-refractivity contribution >= 4 is 34.7 Å². The molecule has 1 aliphatic rings. The summed E-state index contributed by atoms with van der Waals surface area (Å²) in [7, 11) is 0. The molecule has 2 aromatic heterocycles. The highest BCUT2D eigenvalue weighted by molar-refractivity contribution is 7.13. The number of halogens is 1. The number of thiazole rings is 1. The third-order valence-electron chi connectivity index (χ3n) is 5.37. The molecule has 3 heterocycles. The molecule has 4 rings (SSSR count). The van der Waals surface area contributed by atoms with Gasteiger partial charge in [0.25, 0.3) is 5.91 Å². The van der Waals surface area contributed by atoms with Crippen LogP contribution in [0, 0.1) is 5.82 Å². The van der Waals surface area contributed by atoms with E-state index in [1.807, 2.05) is 20.8 Å². The molecule has 3 aromatic rings. The van der Waals surface area contributed by atoms with Crippen molar-refractivity contribution in [3.63, 3.8) is 0 Å². The Morgan fingerprint density at radius 3 is 2.77 bits per heavy atom. The first-order valence-electron chi connectivity index (χ1n) is 11.4. The van der Waals surface area contributed by atoms with Gasteiger partial charge in [-0.05, 0) is 58.4 Å². The Morgan fingerprint density at radius 2 is 2.06 bits per heavy atom. The fourth-order valence-corrected chi connectivity index (χ4v) is 4.65. The van der Waals surface area contributed by atoms with Gasteiger partial charge in [0.15, 0.2) is 0 Å². The van der Waals surface area contributed by atoms with Gasteiger partial charge in [-0.2, -0.15) is 0 Å². The molecule has 2 N–H and O–H groups in total. The maximum absolute atomic E-state index is 14.1. The van der Waals surface area contributed by atoms with Crippen molar-refractivity contribution in [2.75, 3.05) is 23.3 Å². The van der Waals surface area contributed by atoms with Crippen molar-refractivity contribution in [2.45, 2.75) is 45.3 Å². The number of hydrogen-bond acceptors (Lipinski definition) is 7. The number of nitrogens with zero attached hydrogens (tertiary/aromatic N) is 3. The van der Waals surface area contributed by atoms with Crippen molar-refractivity contribution < 1.29 is 18.7 Å². The van der Waals surface area contributed by atoms with Crippen LogP contribution in [0.15, 0.2) is 48.1 Å². The van der Waals surface area contributed by atoms with Gasteiger partial charge in [-0.3, -0.25) is 14.7 Å². The summed E-state index contributed by atoms with van der Waals surface area (Å²) < 4.78 is 19.8. The molecule has 0 aliphatic carbocycles. The van der Waals surface area contributed by atoms with Crippen LogP contribution in [0.25, 0.3) is 10.6 Å². The Bertz CT molecular complexity index is 1200. The van der Waals surface area contributed by atoms with E-state index in [1.54, 1.807) is 40.7 Å². The van der Waals surface area contributed by atoms with E-state index in [0.717, 1.165) is 19.4 Å². The van der Waals surface area contributed by atoms with Gasteiger partial charge < -0.3 is 15.4 Å². The topological polar surface area (TPSA) is 96.5 Å². The maximum Gasteiger partial charge on any atom is 0.415 e. The molecule has 0 spiro atoms. The highest BCUT2D eigenvalue weighted by Crippen LogP contribution is 2.31. The normalized spacial score (nSPS) is 15.9. The van der Waals surface area contributed by atoms with E-state index in [1.165, 1.54) is 23.6 Å². The predicted octanol–water partition coefficient (Wildman–Crippen LogP) is 5.09. The molecule has 35 heavy (non-hydrogen) atoms. The number of anilines is 2. The van der Waals surface area contributed by atoms with Crippen LogP contribution < -0.4 is 15.5 Å².